The van der Waals surface area contributed by atoms with E-state index in [4.69, 9.17) is 15.2 Å². The Morgan fingerprint density at radius 3 is 2.58 bits per heavy atom. The summed E-state index contributed by atoms with van der Waals surface area (Å²) in [5.74, 6) is -0.923. The first-order valence-corrected chi connectivity index (χ1v) is 14.8. The number of carbonyl (C=O) groups is 2. The summed E-state index contributed by atoms with van der Waals surface area (Å²) >= 11 is 1.24. The molecule has 1 amide bonds. The van der Waals surface area contributed by atoms with Crippen LogP contribution in [-0.4, -0.2) is 58.5 Å². The van der Waals surface area contributed by atoms with Gasteiger partial charge in [-0.2, -0.15) is 0 Å². The molecule has 0 aliphatic heterocycles. The first-order chi connectivity index (χ1) is 19.1. The van der Waals surface area contributed by atoms with Crippen molar-refractivity contribution in [3.8, 4) is 17.2 Å². The van der Waals surface area contributed by atoms with Crippen molar-refractivity contribution in [2.24, 2.45) is 5.73 Å². The molecule has 1 aromatic heterocycles. The number of hydrogen-bond acceptors (Lipinski definition) is 11. The number of amides is 1. The number of nitrogens with zero attached hydrogens (tertiary/aromatic N) is 4. The van der Waals surface area contributed by atoms with E-state index in [1.54, 1.807) is 42.5 Å². The lowest BCUT2D eigenvalue weighted by atomic mass is 10.0. The van der Waals surface area contributed by atoms with Gasteiger partial charge in [-0.15, -0.1) is 5.10 Å². The minimum atomic E-state index is -3.70. The number of phenols is 1. The largest absolute Gasteiger partial charge is 0.506 e. The van der Waals surface area contributed by atoms with E-state index in [2.05, 4.69) is 20.2 Å². The van der Waals surface area contributed by atoms with Crippen LogP contribution in [0.4, 0.5) is 5.69 Å². The minimum absolute atomic E-state index is 0.140. The minimum Gasteiger partial charge on any atom is -0.506 e. The van der Waals surface area contributed by atoms with E-state index in [1.165, 1.54) is 22.5 Å². The summed E-state index contributed by atoms with van der Waals surface area (Å²) in [6.45, 7) is 2.05. The van der Waals surface area contributed by atoms with Gasteiger partial charge in [-0.05, 0) is 40.6 Å². The molecule has 4 rings (SSSR count). The Labute approximate surface area is 233 Å². The number of thioether (sulfide) groups is 1. The van der Waals surface area contributed by atoms with E-state index in [1.807, 2.05) is 6.92 Å². The van der Waals surface area contributed by atoms with E-state index in [-0.39, 0.29) is 35.0 Å². The molecule has 4 aromatic rings. The number of nitrogens with one attached hydrogen (secondary N) is 1. The van der Waals surface area contributed by atoms with Gasteiger partial charge in [0.05, 0.1) is 24.1 Å². The lowest BCUT2D eigenvalue weighted by Crippen LogP contribution is -2.16. The highest BCUT2D eigenvalue weighted by atomic mass is 32.2. The average molecular weight is 587 g/mol. The van der Waals surface area contributed by atoms with Crippen LogP contribution < -0.4 is 15.2 Å². The predicted molar refractivity (Wildman–Crippen MR) is 148 cm³/mol. The first kappa shape index (κ1) is 28.6. The van der Waals surface area contributed by atoms with E-state index < -0.39 is 21.9 Å². The maximum Gasteiger partial charge on any atom is 0.327 e. The number of rotatable bonds is 12. The van der Waals surface area contributed by atoms with Crippen molar-refractivity contribution in [2.45, 2.75) is 30.8 Å². The Morgan fingerprint density at radius 2 is 1.88 bits per heavy atom. The van der Waals surface area contributed by atoms with Crippen molar-refractivity contribution in [1.29, 1.82) is 0 Å². The van der Waals surface area contributed by atoms with Gasteiger partial charge < -0.3 is 20.3 Å². The van der Waals surface area contributed by atoms with Crippen molar-refractivity contribution in [3.05, 3.63) is 59.7 Å². The second-order valence-corrected chi connectivity index (χ2v) is 11.3. The number of fused-ring (bicyclic) bond motifs is 1. The van der Waals surface area contributed by atoms with Gasteiger partial charge in [-0.3, -0.25) is 14.3 Å². The second kappa shape index (κ2) is 12.2. The number of esters is 1. The molecule has 40 heavy (non-hydrogen) atoms. The number of hydrogen-bond donors (Lipinski definition) is 3. The highest BCUT2D eigenvalue weighted by molar-refractivity contribution is 7.98. The molecule has 0 unspecified atom stereocenters. The van der Waals surface area contributed by atoms with Crippen molar-refractivity contribution < 1.29 is 32.6 Å². The molecule has 0 radical (unpaired) electrons. The number of ether oxygens (including phenoxy) is 2. The molecular weight excluding hydrogens is 560 g/mol. The number of tetrazole rings is 1. The molecule has 0 aliphatic rings. The Bertz CT molecular complexity index is 1670. The number of aromatic nitrogens is 4. The summed E-state index contributed by atoms with van der Waals surface area (Å²) < 4.78 is 39.2. The predicted octanol–water partition coefficient (Wildman–Crippen LogP) is 3.04. The average Bonchev–Trinajstić information content (AvgIpc) is 3.34. The van der Waals surface area contributed by atoms with Crippen LogP contribution in [0.2, 0.25) is 0 Å². The van der Waals surface area contributed by atoms with Gasteiger partial charge in [0, 0.05) is 16.5 Å². The number of primary amides is 1. The van der Waals surface area contributed by atoms with Gasteiger partial charge in [0.2, 0.25) is 15.2 Å². The maximum absolute atomic E-state index is 12.1. The molecule has 3 aromatic carbocycles. The van der Waals surface area contributed by atoms with E-state index in [9.17, 15) is 23.1 Å². The molecule has 0 fully saturated rings. The number of anilines is 1. The topological polar surface area (TPSA) is 189 Å². The third-order valence-corrected chi connectivity index (χ3v) is 7.03. The molecule has 1 heterocycles. The SMILES string of the molecule is CCCOC(=O)Cn1nnnc1SCc1ccc(Oc2cc(C(N)=O)c(O)c3ccccc23)c(NS(C)(=O)=O)c1. The zero-order valence-electron chi connectivity index (χ0n) is 21.5. The number of nitrogens with two attached hydrogens (primary N) is 1. The normalized spacial score (nSPS) is 11.3. The van der Waals surface area contributed by atoms with Crippen LogP contribution in [0.25, 0.3) is 10.8 Å². The summed E-state index contributed by atoms with van der Waals surface area (Å²) in [6.07, 6.45) is 1.70. The maximum atomic E-state index is 12.1. The molecule has 0 aliphatic carbocycles. The van der Waals surface area contributed by atoms with Crippen molar-refractivity contribution in [1.82, 2.24) is 20.2 Å². The molecule has 0 bridgehead atoms. The molecule has 210 valence electrons. The first-order valence-electron chi connectivity index (χ1n) is 11.9. The molecule has 0 saturated carbocycles. The summed E-state index contributed by atoms with van der Waals surface area (Å²) in [5.41, 5.74) is 6.13. The van der Waals surface area contributed by atoms with Crippen LogP contribution in [0.3, 0.4) is 0 Å². The summed E-state index contributed by atoms with van der Waals surface area (Å²) in [4.78, 5) is 23.9. The van der Waals surface area contributed by atoms with Crippen molar-refractivity contribution in [3.63, 3.8) is 0 Å². The van der Waals surface area contributed by atoms with E-state index in [0.717, 1.165) is 6.26 Å². The van der Waals surface area contributed by atoms with E-state index >= 15 is 0 Å². The quantitative estimate of drug-likeness (QED) is 0.163. The molecule has 0 atom stereocenters. The van der Waals surface area contributed by atoms with E-state index in [0.29, 0.717) is 40.3 Å². The van der Waals surface area contributed by atoms with Crippen LogP contribution in [0.1, 0.15) is 29.3 Å². The molecule has 0 saturated heterocycles. The molecule has 0 spiro atoms. The van der Waals surface area contributed by atoms with Gasteiger partial charge in [-0.1, -0.05) is 49.0 Å². The lowest BCUT2D eigenvalue weighted by Gasteiger charge is -2.16. The van der Waals surface area contributed by atoms with Crippen LogP contribution in [-0.2, 0) is 31.9 Å². The fraction of sp³-hybridized carbons (Fsp3) is 0.240. The molecule has 4 N–H and O–H groups in total. The number of carbonyl (C=O) groups excluding carboxylic acids is 2. The standard InChI is InChI=1S/C25H26N6O7S2/c1-3-10-37-22(32)13-31-25(27-29-30-31)39-14-15-8-9-20(19(11-15)28-40(2,35)36)38-21-12-18(24(26)34)23(33)17-7-5-4-6-16(17)21/h4-9,11-12,28,33H,3,10,13-14H2,1-2H3,(H2,26,34). The summed E-state index contributed by atoms with van der Waals surface area (Å²) in [7, 11) is -3.70. The fourth-order valence-corrected chi connectivity index (χ4v) is 5.06. The second-order valence-electron chi connectivity index (χ2n) is 8.62. The summed E-state index contributed by atoms with van der Waals surface area (Å²) in [6, 6.07) is 12.9. The lowest BCUT2D eigenvalue weighted by molar-refractivity contribution is -0.144. The van der Waals surface area contributed by atoms with Gasteiger partial charge in [0.15, 0.2) is 5.75 Å². The summed E-state index contributed by atoms with van der Waals surface area (Å²) in [5, 5.41) is 23.1. The highest BCUT2D eigenvalue weighted by Gasteiger charge is 2.19. The Morgan fingerprint density at radius 1 is 1.12 bits per heavy atom. The van der Waals surface area contributed by atoms with Crippen LogP contribution in [0, 0.1) is 0 Å². The Kier molecular flexibility index (Phi) is 8.74. The molecule has 13 nitrogen and oxygen atoms in total. The molecule has 15 heteroatoms. The van der Waals surface area contributed by atoms with Gasteiger partial charge >= 0.3 is 5.97 Å². The molecular formula is C25H26N6O7S2. The smallest absolute Gasteiger partial charge is 0.327 e. The zero-order valence-corrected chi connectivity index (χ0v) is 23.2. The number of benzene rings is 3. The van der Waals surface area contributed by atoms with Crippen LogP contribution >= 0.6 is 11.8 Å². The van der Waals surface area contributed by atoms with Crippen LogP contribution in [0.5, 0.6) is 17.2 Å². The third-order valence-electron chi connectivity index (χ3n) is 5.42. The Hall–Kier alpha value is -4.37. The highest BCUT2D eigenvalue weighted by Crippen LogP contribution is 2.40. The van der Waals surface area contributed by atoms with Gasteiger partial charge in [0.1, 0.15) is 18.0 Å². The van der Waals surface area contributed by atoms with Crippen LogP contribution in [0.15, 0.2) is 53.7 Å². The van der Waals surface area contributed by atoms with Crippen molar-refractivity contribution >= 4 is 50.1 Å². The number of sulfonamides is 1. The van der Waals surface area contributed by atoms with Gasteiger partial charge in [-0.25, -0.2) is 13.1 Å². The Balaban J connectivity index is 1.62. The monoisotopic (exact) mass is 586 g/mol. The zero-order chi connectivity index (χ0) is 28.9. The fourth-order valence-electron chi connectivity index (χ4n) is 3.68. The van der Waals surface area contributed by atoms with Crippen molar-refractivity contribution in [2.75, 3.05) is 17.6 Å². The third kappa shape index (κ3) is 6.98. The number of aromatic hydroxyl groups is 1. The van der Waals surface area contributed by atoms with Gasteiger partial charge in [0.25, 0.3) is 5.91 Å².